The van der Waals surface area contributed by atoms with Crippen LogP contribution in [0.5, 0.6) is 0 Å². The number of carboxylic acids is 1. The first-order chi connectivity index (χ1) is 10.4. The molecule has 1 aliphatic heterocycles. The number of hydrogen-bond acceptors (Lipinski definition) is 5. The van der Waals surface area contributed by atoms with Crippen molar-refractivity contribution in [2.45, 2.75) is 56.8 Å². The summed E-state index contributed by atoms with van der Waals surface area (Å²) < 4.78 is 0. The lowest BCUT2D eigenvalue weighted by Gasteiger charge is -2.41. The minimum absolute atomic E-state index is 0.174. The molecule has 1 unspecified atom stereocenters. The highest BCUT2D eigenvalue weighted by Gasteiger charge is 2.37. The molecular weight excluding hydrogens is 286 g/mol. The molecule has 1 amide bonds. The van der Waals surface area contributed by atoms with E-state index >= 15 is 0 Å². The van der Waals surface area contributed by atoms with E-state index in [0.717, 1.165) is 19.4 Å². The fourth-order valence-electron chi connectivity index (χ4n) is 3.33. The summed E-state index contributed by atoms with van der Waals surface area (Å²) in [7, 11) is 0. The highest BCUT2D eigenvalue weighted by molar-refractivity contribution is 5.87. The van der Waals surface area contributed by atoms with Crippen molar-refractivity contribution in [1.29, 1.82) is 0 Å². The number of aliphatic hydroxyl groups is 1. The zero-order valence-corrected chi connectivity index (χ0v) is 12.9. The van der Waals surface area contributed by atoms with Gasteiger partial charge in [0.05, 0.1) is 18.2 Å². The van der Waals surface area contributed by atoms with Crippen LogP contribution in [0.15, 0.2) is 11.6 Å². The number of hydrogen-bond donors (Lipinski definition) is 4. The van der Waals surface area contributed by atoms with Crippen LogP contribution in [0.2, 0.25) is 0 Å². The third-order valence-corrected chi connectivity index (χ3v) is 4.46. The Morgan fingerprint density at radius 1 is 1.36 bits per heavy atom. The second kappa shape index (κ2) is 7.21. The van der Waals surface area contributed by atoms with Crippen molar-refractivity contribution >= 4 is 11.9 Å². The molecule has 22 heavy (non-hydrogen) atoms. The first-order valence-corrected chi connectivity index (χ1v) is 7.77. The van der Waals surface area contributed by atoms with Gasteiger partial charge in [0.15, 0.2) is 0 Å². The number of amides is 1. The van der Waals surface area contributed by atoms with Gasteiger partial charge in [0.25, 0.3) is 0 Å². The lowest BCUT2D eigenvalue weighted by molar-refractivity contribution is -0.133. The molecular formula is C15H25N3O4. The lowest BCUT2D eigenvalue weighted by Crippen LogP contribution is -2.60. The molecule has 2 aliphatic rings. The number of aliphatic carboxylic acids is 1. The first kappa shape index (κ1) is 16.9. The summed E-state index contributed by atoms with van der Waals surface area (Å²) in [6, 6.07) is -0.988. The third kappa shape index (κ3) is 4.06. The number of nitrogens with two attached hydrogens (primary N) is 1. The minimum atomic E-state index is -0.961. The summed E-state index contributed by atoms with van der Waals surface area (Å²) in [6.07, 6.45) is 3.88. The molecule has 0 bridgehead atoms. The largest absolute Gasteiger partial charge is 0.478 e. The second-order valence-electron chi connectivity index (χ2n) is 6.20. The topological polar surface area (TPSA) is 116 Å². The van der Waals surface area contributed by atoms with Gasteiger partial charge in [-0.15, -0.1) is 0 Å². The molecule has 5 N–H and O–H groups in total. The SMILES string of the molecule is CC(=O)N[C@H]1[C@H](N2CCCC(O)CC2)C=C(C(=O)O)C[C@@H]1N. The maximum atomic E-state index is 11.5. The number of carboxylic acid groups (broad SMARTS) is 1. The lowest BCUT2D eigenvalue weighted by atomic mass is 9.86. The van der Waals surface area contributed by atoms with E-state index in [-0.39, 0.29) is 30.5 Å². The maximum Gasteiger partial charge on any atom is 0.331 e. The summed E-state index contributed by atoms with van der Waals surface area (Å²) >= 11 is 0. The van der Waals surface area contributed by atoms with Crippen molar-refractivity contribution < 1.29 is 19.8 Å². The van der Waals surface area contributed by atoms with E-state index in [0.29, 0.717) is 18.5 Å². The Kier molecular flexibility index (Phi) is 5.55. The molecule has 2 rings (SSSR count). The number of carbonyl (C=O) groups excluding carboxylic acids is 1. The van der Waals surface area contributed by atoms with Gasteiger partial charge in [-0.1, -0.05) is 6.08 Å². The number of rotatable bonds is 3. The predicted octanol–water partition coefficient (Wildman–Crippen LogP) is -0.551. The van der Waals surface area contributed by atoms with Crippen LogP contribution in [-0.4, -0.2) is 64.3 Å². The van der Waals surface area contributed by atoms with Gasteiger partial charge in [-0.2, -0.15) is 0 Å². The van der Waals surface area contributed by atoms with Gasteiger partial charge in [-0.05, 0) is 32.2 Å². The van der Waals surface area contributed by atoms with Gasteiger partial charge >= 0.3 is 5.97 Å². The van der Waals surface area contributed by atoms with E-state index in [1.807, 2.05) is 0 Å². The van der Waals surface area contributed by atoms with E-state index in [1.165, 1.54) is 6.92 Å². The average Bonchev–Trinajstić information content (AvgIpc) is 2.65. The van der Waals surface area contributed by atoms with Crippen molar-refractivity contribution in [2.24, 2.45) is 5.73 Å². The monoisotopic (exact) mass is 311 g/mol. The van der Waals surface area contributed by atoms with E-state index < -0.39 is 12.0 Å². The van der Waals surface area contributed by atoms with E-state index in [4.69, 9.17) is 5.73 Å². The van der Waals surface area contributed by atoms with Crippen LogP contribution in [0.4, 0.5) is 0 Å². The zero-order chi connectivity index (χ0) is 16.3. The van der Waals surface area contributed by atoms with Gasteiger partial charge in [-0.3, -0.25) is 9.69 Å². The molecule has 1 fully saturated rings. The molecule has 0 aromatic heterocycles. The standard InChI is InChI=1S/C15H25N3O4/c1-9(19)17-14-12(16)7-10(15(21)22)8-13(14)18-5-2-3-11(20)4-6-18/h8,11-14,20H,2-7,16H2,1H3,(H,17,19)(H,21,22)/t11?,12-,13+,14+/m0/s1. The Balaban J connectivity index is 2.24. The van der Waals surface area contributed by atoms with E-state index in [2.05, 4.69) is 10.2 Å². The van der Waals surface area contributed by atoms with Crippen LogP contribution in [0.25, 0.3) is 0 Å². The molecule has 0 aromatic carbocycles. The van der Waals surface area contributed by atoms with E-state index in [1.54, 1.807) is 6.08 Å². The van der Waals surface area contributed by atoms with Gasteiger partial charge in [0.2, 0.25) is 5.91 Å². The average molecular weight is 311 g/mol. The number of carbonyl (C=O) groups is 2. The molecule has 0 radical (unpaired) electrons. The Morgan fingerprint density at radius 2 is 2.09 bits per heavy atom. The Labute approximate surface area is 130 Å². The molecule has 7 nitrogen and oxygen atoms in total. The van der Waals surface area contributed by atoms with Crippen molar-refractivity contribution in [3.8, 4) is 0 Å². The fourth-order valence-corrected chi connectivity index (χ4v) is 3.33. The Bertz CT molecular complexity index is 466. The highest BCUT2D eigenvalue weighted by Crippen LogP contribution is 2.25. The molecule has 1 heterocycles. The van der Waals surface area contributed by atoms with Gasteiger partial charge < -0.3 is 21.3 Å². The Morgan fingerprint density at radius 3 is 2.73 bits per heavy atom. The molecule has 4 atom stereocenters. The van der Waals surface area contributed by atoms with Crippen LogP contribution in [0.3, 0.4) is 0 Å². The second-order valence-corrected chi connectivity index (χ2v) is 6.20. The van der Waals surface area contributed by atoms with Gasteiger partial charge in [-0.25, -0.2) is 4.79 Å². The Hall–Kier alpha value is -1.44. The zero-order valence-electron chi connectivity index (χ0n) is 12.9. The third-order valence-electron chi connectivity index (χ3n) is 4.46. The molecule has 0 spiro atoms. The van der Waals surface area contributed by atoms with Gasteiger partial charge in [0, 0.05) is 25.1 Å². The van der Waals surface area contributed by atoms with Crippen LogP contribution < -0.4 is 11.1 Å². The molecule has 0 saturated carbocycles. The van der Waals surface area contributed by atoms with Crippen LogP contribution in [-0.2, 0) is 9.59 Å². The van der Waals surface area contributed by atoms with Crippen LogP contribution in [0, 0.1) is 0 Å². The number of nitrogens with one attached hydrogen (secondary N) is 1. The highest BCUT2D eigenvalue weighted by atomic mass is 16.4. The molecule has 1 aliphatic carbocycles. The normalized spacial score (nSPS) is 33.7. The number of aliphatic hydroxyl groups excluding tert-OH is 1. The summed E-state index contributed by atoms with van der Waals surface area (Å²) in [5.41, 5.74) is 6.42. The smallest absolute Gasteiger partial charge is 0.331 e. The van der Waals surface area contributed by atoms with Crippen molar-refractivity contribution in [3.63, 3.8) is 0 Å². The first-order valence-electron chi connectivity index (χ1n) is 7.77. The van der Waals surface area contributed by atoms with Crippen LogP contribution >= 0.6 is 0 Å². The summed E-state index contributed by atoms with van der Waals surface area (Å²) in [5.74, 6) is -1.14. The predicted molar refractivity (Wildman–Crippen MR) is 81.1 cm³/mol. The van der Waals surface area contributed by atoms with Crippen molar-refractivity contribution in [3.05, 3.63) is 11.6 Å². The molecule has 0 aromatic rings. The van der Waals surface area contributed by atoms with Crippen LogP contribution in [0.1, 0.15) is 32.6 Å². The maximum absolute atomic E-state index is 11.5. The summed E-state index contributed by atoms with van der Waals surface area (Å²) in [5, 5.41) is 21.9. The summed E-state index contributed by atoms with van der Waals surface area (Å²) in [6.45, 7) is 2.86. The number of nitrogens with zero attached hydrogens (tertiary/aromatic N) is 1. The molecule has 1 saturated heterocycles. The van der Waals surface area contributed by atoms with Crippen molar-refractivity contribution in [2.75, 3.05) is 13.1 Å². The summed E-state index contributed by atoms with van der Waals surface area (Å²) in [4.78, 5) is 24.9. The number of likely N-dealkylation sites (tertiary alicyclic amines) is 1. The van der Waals surface area contributed by atoms with Gasteiger partial charge in [0.1, 0.15) is 0 Å². The van der Waals surface area contributed by atoms with E-state index in [9.17, 15) is 19.8 Å². The van der Waals surface area contributed by atoms with Crippen molar-refractivity contribution in [1.82, 2.24) is 10.2 Å². The quantitative estimate of drug-likeness (QED) is 0.556. The molecule has 124 valence electrons. The minimum Gasteiger partial charge on any atom is -0.478 e. The fraction of sp³-hybridized carbons (Fsp3) is 0.733. The molecule has 7 heteroatoms.